The molecule has 7 nitrogen and oxygen atoms in total. The molecule has 0 N–H and O–H groups in total. The Hall–Kier alpha value is -3.52. The van der Waals surface area contributed by atoms with E-state index in [2.05, 4.69) is 0 Å². The number of benzene rings is 3. The van der Waals surface area contributed by atoms with E-state index in [0.29, 0.717) is 11.1 Å². The van der Waals surface area contributed by atoms with Crippen LogP contribution in [0.3, 0.4) is 0 Å². The van der Waals surface area contributed by atoms with Crippen molar-refractivity contribution in [1.82, 2.24) is 0 Å². The summed E-state index contributed by atoms with van der Waals surface area (Å²) in [6, 6.07) is 18.0. The number of nitro benzene ring substituents is 1. The van der Waals surface area contributed by atoms with Gasteiger partial charge in [0.15, 0.2) is 5.78 Å². The quantitative estimate of drug-likeness (QED) is 0.270. The summed E-state index contributed by atoms with van der Waals surface area (Å²) in [6.45, 7) is 1.34. The molecule has 0 radical (unpaired) electrons. The van der Waals surface area contributed by atoms with Crippen LogP contribution in [0.25, 0.3) is 0 Å². The SMILES string of the molecule is Cc1c([N+](=O)[O-])cccc1S(=O)(=O)Oc1ccc(C(=O)c2ccccc2)cc1. The third kappa shape index (κ3) is 3.91. The van der Waals surface area contributed by atoms with Gasteiger partial charge in [-0.15, -0.1) is 0 Å². The molecule has 0 bridgehead atoms. The molecule has 0 aliphatic rings. The van der Waals surface area contributed by atoms with Gasteiger partial charge in [0.25, 0.3) is 5.69 Å². The van der Waals surface area contributed by atoms with Gasteiger partial charge >= 0.3 is 10.1 Å². The largest absolute Gasteiger partial charge is 0.379 e. The smallest absolute Gasteiger partial charge is 0.339 e. The Morgan fingerprint density at radius 1 is 0.893 bits per heavy atom. The predicted octanol–water partition coefficient (Wildman–Crippen LogP) is 3.90. The lowest BCUT2D eigenvalue weighted by molar-refractivity contribution is -0.385. The first-order valence-electron chi connectivity index (χ1n) is 8.18. The van der Waals surface area contributed by atoms with Gasteiger partial charge in [0.1, 0.15) is 10.6 Å². The number of carbonyl (C=O) groups is 1. The van der Waals surface area contributed by atoms with Gasteiger partial charge in [-0.25, -0.2) is 0 Å². The number of rotatable bonds is 6. The van der Waals surface area contributed by atoms with Gasteiger partial charge in [-0.2, -0.15) is 8.42 Å². The fourth-order valence-corrected chi connectivity index (χ4v) is 3.84. The highest BCUT2D eigenvalue weighted by atomic mass is 32.2. The first-order valence-corrected chi connectivity index (χ1v) is 9.59. The monoisotopic (exact) mass is 397 g/mol. The van der Waals surface area contributed by atoms with Crippen molar-refractivity contribution in [2.45, 2.75) is 11.8 Å². The molecule has 8 heteroatoms. The second-order valence-electron chi connectivity index (χ2n) is 5.91. The molecule has 0 saturated heterocycles. The van der Waals surface area contributed by atoms with Crippen LogP contribution < -0.4 is 4.18 Å². The van der Waals surface area contributed by atoms with E-state index < -0.39 is 15.0 Å². The molecule has 142 valence electrons. The van der Waals surface area contributed by atoms with Crippen LogP contribution in [-0.4, -0.2) is 19.1 Å². The minimum absolute atomic E-state index is 0.00415. The summed E-state index contributed by atoms with van der Waals surface area (Å²) < 4.78 is 30.1. The molecule has 0 fully saturated rings. The highest BCUT2D eigenvalue weighted by Crippen LogP contribution is 2.27. The van der Waals surface area contributed by atoms with Gasteiger partial charge in [-0.05, 0) is 37.3 Å². The molecule has 0 spiro atoms. The van der Waals surface area contributed by atoms with Crippen LogP contribution in [-0.2, 0) is 10.1 Å². The second kappa shape index (κ2) is 7.61. The van der Waals surface area contributed by atoms with E-state index in [1.807, 2.05) is 0 Å². The molecule has 0 aromatic heterocycles. The second-order valence-corrected chi connectivity index (χ2v) is 7.43. The maximum atomic E-state index is 12.5. The zero-order valence-corrected chi connectivity index (χ0v) is 15.5. The van der Waals surface area contributed by atoms with E-state index in [0.717, 1.165) is 0 Å². The Labute approximate surface area is 161 Å². The molecule has 0 amide bonds. The van der Waals surface area contributed by atoms with Crippen molar-refractivity contribution in [2.75, 3.05) is 0 Å². The summed E-state index contributed by atoms with van der Waals surface area (Å²) in [5, 5.41) is 11.0. The number of nitrogens with zero attached hydrogens (tertiary/aromatic N) is 1. The van der Waals surface area contributed by atoms with E-state index in [4.69, 9.17) is 4.18 Å². The summed E-state index contributed by atoms with van der Waals surface area (Å²) >= 11 is 0. The van der Waals surface area contributed by atoms with Crippen LogP contribution in [0, 0.1) is 17.0 Å². The van der Waals surface area contributed by atoms with Crippen molar-refractivity contribution in [3.63, 3.8) is 0 Å². The van der Waals surface area contributed by atoms with Gasteiger partial charge in [0.05, 0.1) is 4.92 Å². The molecule has 0 heterocycles. The third-order valence-electron chi connectivity index (χ3n) is 4.08. The number of nitro groups is 1. The van der Waals surface area contributed by atoms with Crippen LogP contribution in [0.4, 0.5) is 5.69 Å². The van der Waals surface area contributed by atoms with Gasteiger partial charge in [-0.1, -0.05) is 36.4 Å². The maximum absolute atomic E-state index is 12.5. The first-order chi connectivity index (χ1) is 13.3. The van der Waals surface area contributed by atoms with Crippen LogP contribution in [0.15, 0.2) is 77.7 Å². The lowest BCUT2D eigenvalue weighted by atomic mass is 10.0. The standard InChI is InChI=1S/C20H15NO6S/c1-14-18(21(23)24)8-5-9-19(14)28(25,26)27-17-12-10-16(11-13-17)20(22)15-6-3-2-4-7-15/h2-13H,1H3. The maximum Gasteiger partial charge on any atom is 0.339 e. The van der Waals surface area contributed by atoms with E-state index >= 15 is 0 Å². The fourth-order valence-electron chi connectivity index (χ4n) is 2.66. The molecule has 28 heavy (non-hydrogen) atoms. The van der Waals surface area contributed by atoms with Crippen LogP contribution in [0.5, 0.6) is 5.75 Å². The summed E-state index contributed by atoms with van der Waals surface area (Å²) in [6.07, 6.45) is 0. The van der Waals surface area contributed by atoms with Crippen molar-refractivity contribution >= 4 is 21.6 Å². The fraction of sp³-hybridized carbons (Fsp3) is 0.0500. The van der Waals surface area contributed by atoms with Gasteiger partial charge < -0.3 is 4.18 Å². The summed E-state index contributed by atoms with van der Waals surface area (Å²) in [5.41, 5.74) is 0.565. The Morgan fingerprint density at radius 2 is 1.50 bits per heavy atom. The summed E-state index contributed by atoms with van der Waals surface area (Å²) in [7, 11) is -4.27. The Balaban J connectivity index is 1.85. The zero-order valence-electron chi connectivity index (χ0n) is 14.7. The van der Waals surface area contributed by atoms with Crippen molar-refractivity contribution in [2.24, 2.45) is 0 Å². The molecule has 3 aromatic carbocycles. The molecular formula is C20H15NO6S. The summed E-state index contributed by atoms with van der Waals surface area (Å²) in [4.78, 5) is 22.5. The lowest BCUT2D eigenvalue weighted by Gasteiger charge is -2.10. The molecule has 3 aromatic rings. The lowest BCUT2D eigenvalue weighted by Crippen LogP contribution is -2.12. The van der Waals surface area contributed by atoms with Crippen molar-refractivity contribution in [3.05, 3.63) is 99.6 Å². The molecule has 0 atom stereocenters. The third-order valence-corrected chi connectivity index (χ3v) is 5.47. The Kier molecular flexibility index (Phi) is 5.23. The molecular weight excluding hydrogens is 382 g/mol. The minimum Gasteiger partial charge on any atom is -0.379 e. The normalized spacial score (nSPS) is 11.0. The van der Waals surface area contributed by atoms with Crippen molar-refractivity contribution in [3.8, 4) is 5.75 Å². The Morgan fingerprint density at radius 3 is 2.11 bits per heavy atom. The summed E-state index contributed by atoms with van der Waals surface area (Å²) in [5.74, 6) is -0.208. The minimum atomic E-state index is -4.27. The average Bonchev–Trinajstić information content (AvgIpc) is 2.68. The molecule has 0 aliphatic heterocycles. The van der Waals surface area contributed by atoms with Crippen molar-refractivity contribution in [1.29, 1.82) is 0 Å². The molecule has 3 rings (SSSR count). The van der Waals surface area contributed by atoms with Crippen LogP contribution >= 0.6 is 0 Å². The Bertz CT molecular complexity index is 1140. The van der Waals surface area contributed by atoms with E-state index in [1.54, 1.807) is 30.3 Å². The zero-order chi connectivity index (χ0) is 20.3. The first kappa shape index (κ1) is 19.2. The molecule has 0 saturated carbocycles. The number of hydrogen-bond acceptors (Lipinski definition) is 6. The average molecular weight is 397 g/mol. The van der Waals surface area contributed by atoms with Crippen molar-refractivity contribution < 1.29 is 22.3 Å². The van der Waals surface area contributed by atoms with Crippen LogP contribution in [0.2, 0.25) is 0 Å². The number of ketones is 1. The van der Waals surface area contributed by atoms with Crippen LogP contribution in [0.1, 0.15) is 21.5 Å². The van der Waals surface area contributed by atoms with Gasteiger partial charge in [0, 0.05) is 22.8 Å². The topological polar surface area (TPSA) is 104 Å². The number of carbonyl (C=O) groups excluding carboxylic acids is 1. The van der Waals surface area contributed by atoms with E-state index in [-0.39, 0.29) is 27.7 Å². The van der Waals surface area contributed by atoms with Gasteiger partial charge in [0.2, 0.25) is 0 Å². The van der Waals surface area contributed by atoms with Gasteiger partial charge in [-0.3, -0.25) is 14.9 Å². The molecule has 0 unspecified atom stereocenters. The highest BCUT2D eigenvalue weighted by Gasteiger charge is 2.24. The number of hydrogen-bond donors (Lipinski definition) is 0. The van der Waals surface area contributed by atoms with E-state index in [1.165, 1.54) is 49.4 Å². The molecule has 0 aliphatic carbocycles. The predicted molar refractivity (Wildman–Crippen MR) is 102 cm³/mol. The highest BCUT2D eigenvalue weighted by molar-refractivity contribution is 7.87. The van der Waals surface area contributed by atoms with E-state index in [9.17, 15) is 23.3 Å².